The van der Waals surface area contributed by atoms with Crippen LogP contribution in [0.5, 0.6) is 0 Å². The molecule has 1 aliphatic heterocycles. The fourth-order valence-corrected chi connectivity index (χ4v) is 2.93. The van der Waals surface area contributed by atoms with E-state index in [4.69, 9.17) is 9.26 Å². The van der Waals surface area contributed by atoms with E-state index >= 15 is 0 Å². The number of benzene rings is 1. The first-order chi connectivity index (χ1) is 12.8. The van der Waals surface area contributed by atoms with E-state index in [1.54, 1.807) is 23.0 Å². The summed E-state index contributed by atoms with van der Waals surface area (Å²) in [5, 5.41) is 11.0. The fraction of sp³-hybridized carbons (Fsp3) is 0.333. The number of hydrogen-bond acceptors (Lipinski definition) is 6. The van der Waals surface area contributed by atoms with Crippen molar-refractivity contribution in [1.82, 2.24) is 25.2 Å². The minimum Gasteiger partial charge on any atom is -0.381 e. The van der Waals surface area contributed by atoms with Gasteiger partial charge in [-0.1, -0.05) is 11.2 Å². The molecule has 2 aromatic heterocycles. The van der Waals surface area contributed by atoms with Crippen LogP contribution in [-0.4, -0.2) is 39.0 Å². The summed E-state index contributed by atoms with van der Waals surface area (Å²) in [5.41, 5.74) is 1.37. The smallest absolute Gasteiger partial charge is 0.251 e. The lowest BCUT2D eigenvalue weighted by molar-refractivity contribution is 0.0830. The Balaban J connectivity index is 1.38. The molecule has 1 aromatic carbocycles. The lowest BCUT2D eigenvalue weighted by Crippen LogP contribution is -2.23. The molecule has 8 nitrogen and oxygen atoms in total. The zero-order chi connectivity index (χ0) is 17.8. The van der Waals surface area contributed by atoms with Crippen molar-refractivity contribution in [2.24, 2.45) is 0 Å². The van der Waals surface area contributed by atoms with Crippen molar-refractivity contribution in [3.8, 4) is 5.69 Å². The highest BCUT2D eigenvalue weighted by Gasteiger charge is 2.21. The molecule has 0 spiro atoms. The van der Waals surface area contributed by atoms with Crippen LogP contribution in [0.15, 0.2) is 47.2 Å². The molecule has 0 atom stereocenters. The zero-order valence-electron chi connectivity index (χ0n) is 14.2. The number of hydrogen-bond donors (Lipinski definition) is 1. The number of nitrogens with zero attached hydrogens (tertiary/aromatic N) is 4. The van der Waals surface area contributed by atoms with Gasteiger partial charge >= 0.3 is 0 Å². The van der Waals surface area contributed by atoms with Gasteiger partial charge in [0.1, 0.15) is 0 Å². The molecule has 3 aromatic rings. The summed E-state index contributed by atoms with van der Waals surface area (Å²) in [6, 6.07) is 9.08. The second-order valence-corrected chi connectivity index (χ2v) is 6.12. The van der Waals surface area contributed by atoms with Crippen molar-refractivity contribution in [3.05, 3.63) is 60.0 Å². The van der Waals surface area contributed by atoms with Crippen LogP contribution >= 0.6 is 0 Å². The number of nitrogens with one attached hydrogen (secondary N) is 1. The van der Waals surface area contributed by atoms with Crippen molar-refractivity contribution in [2.75, 3.05) is 13.2 Å². The van der Waals surface area contributed by atoms with Gasteiger partial charge in [0.25, 0.3) is 5.91 Å². The summed E-state index contributed by atoms with van der Waals surface area (Å²) >= 11 is 0. The SMILES string of the molecule is O=C(NCc1nc(C2CCOCC2)no1)c1cccc(-n2cccn2)c1. The Bertz CT molecular complexity index is 869. The number of carbonyl (C=O) groups is 1. The topological polar surface area (TPSA) is 95.1 Å². The van der Waals surface area contributed by atoms with Crippen molar-refractivity contribution >= 4 is 5.91 Å². The second kappa shape index (κ2) is 7.49. The van der Waals surface area contributed by atoms with E-state index < -0.39 is 0 Å². The molecule has 1 aliphatic rings. The molecule has 1 amide bonds. The Hall–Kier alpha value is -3.00. The third-order valence-corrected chi connectivity index (χ3v) is 4.35. The Kier molecular flexibility index (Phi) is 4.74. The molecular formula is C18H19N5O3. The van der Waals surface area contributed by atoms with E-state index in [1.165, 1.54) is 0 Å². The van der Waals surface area contributed by atoms with Crippen LogP contribution in [0.25, 0.3) is 5.69 Å². The number of rotatable bonds is 5. The molecule has 0 aliphatic carbocycles. The van der Waals surface area contributed by atoms with Crippen LogP contribution in [-0.2, 0) is 11.3 Å². The van der Waals surface area contributed by atoms with E-state index in [2.05, 4.69) is 20.6 Å². The highest BCUT2D eigenvalue weighted by atomic mass is 16.5. The standard InChI is InChI=1S/C18H19N5O3/c24-18(14-3-1-4-15(11-14)23-8-2-7-20-23)19-12-16-21-17(22-26-16)13-5-9-25-10-6-13/h1-4,7-8,11,13H,5-6,9-10,12H2,(H,19,24). The maximum absolute atomic E-state index is 12.4. The van der Waals surface area contributed by atoms with Gasteiger partial charge < -0.3 is 14.6 Å². The molecule has 3 heterocycles. The molecule has 134 valence electrons. The maximum atomic E-state index is 12.4. The lowest BCUT2D eigenvalue weighted by atomic mass is 10.00. The quantitative estimate of drug-likeness (QED) is 0.754. The van der Waals surface area contributed by atoms with Crippen LogP contribution < -0.4 is 5.32 Å². The number of aromatic nitrogens is 4. The highest BCUT2D eigenvalue weighted by molar-refractivity contribution is 5.94. The zero-order valence-corrected chi connectivity index (χ0v) is 14.2. The van der Waals surface area contributed by atoms with Crippen LogP contribution in [0, 0.1) is 0 Å². The predicted octanol–water partition coefficient (Wildman–Crippen LogP) is 2.08. The van der Waals surface area contributed by atoms with E-state index in [9.17, 15) is 4.79 Å². The highest BCUT2D eigenvalue weighted by Crippen LogP contribution is 2.24. The Morgan fingerprint density at radius 2 is 2.15 bits per heavy atom. The van der Waals surface area contributed by atoms with Gasteiger partial charge in [0.15, 0.2) is 5.82 Å². The minimum absolute atomic E-state index is 0.195. The lowest BCUT2D eigenvalue weighted by Gasteiger charge is -2.18. The third-order valence-electron chi connectivity index (χ3n) is 4.35. The van der Waals surface area contributed by atoms with Crippen LogP contribution in [0.3, 0.4) is 0 Å². The third kappa shape index (κ3) is 3.65. The Labute approximate surface area is 150 Å². The monoisotopic (exact) mass is 353 g/mol. The fourth-order valence-electron chi connectivity index (χ4n) is 2.93. The van der Waals surface area contributed by atoms with Gasteiger partial charge in [-0.2, -0.15) is 10.1 Å². The summed E-state index contributed by atoms with van der Waals surface area (Å²) < 4.78 is 12.3. The molecule has 0 saturated carbocycles. The summed E-state index contributed by atoms with van der Waals surface area (Å²) in [6.07, 6.45) is 5.31. The molecule has 8 heteroatoms. The normalized spacial score (nSPS) is 15.1. The average Bonchev–Trinajstić information content (AvgIpc) is 3.39. The van der Waals surface area contributed by atoms with Crippen molar-refractivity contribution < 1.29 is 14.1 Å². The van der Waals surface area contributed by atoms with Crippen LogP contribution in [0.1, 0.15) is 40.8 Å². The largest absolute Gasteiger partial charge is 0.381 e. The summed E-state index contributed by atoms with van der Waals surface area (Å²) in [5.74, 6) is 1.16. The van der Waals surface area contributed by atoms with Gasteiger partial charge in [0, 0.05) is 37.1 Å². The minimum atomic E-state index is -0.204. The molecule has 1 fully saturated rings. The number of carbonyl (C=O) groups excluding carboxylic acids is 1. The molecule has 1 N–H and O–H groups in total. The van der Waals surface area contributed by atoms with Gasteiger partial charge in [0.05, 0.1) is 12.2 Å². The van der Waals surface area contributed by atoms with Crippen LogP contribution in [0.4, 0.5) is 0 Å². The molecule has 0 radical (unpaired) electrons. The van der Waals surface area contributed by atoms with Gasteiger partial charge in [-0.3, -0.25) is 4.79 Å². The maximum Gasteiger partial charge on any atom is 0.251 e. The van der Waals surface area contributed by atoms with Gasteiger partial charge in [0.2, 0.25) is 5.89 Å². The van der Waals surface area contributed by atoms with E-state index in [1.807, 2.05) is 24.4 Å². The first-order valence-electron chi connectivity index (χ1n) is 8.58. The number of ether oxygens (including phenoxy) is 1. The molecule has 1 saturated heterocycles. The van der Waals surface area contributed by atoms with E-state index in [-0.39, 0.29) is 18.4 Å². The summed E-state index contributed by atoms with van der Waals surface area (Å²) in [6.45, 7) is 1.64. The average molecular weight is 353 g/mol. The Morgan fingerprint density at radius 3 is 2.96 bits per heavy atom. The van der Waals surface area contributed by atoms with E-state index in [0.29, 0.717) is 17.3 Å². The molecule has 26 heavy (non-hydrogen) atoms. The second-order valence-electron chi connectivity index (χ2n) is 6.12. The molecule has 0 bridgehead atoms. The first-order valence-corrected chi connectivity index (χ1v) is 8.58. The molecular weight excluding hydrogens is 334 g/mol. The predicted molar refractivity (Wildman–Crippen MR) is 91.8 cm³/mol. The Morgan fingerprint density at radius 1 is 1.27 bits per heavy atom. The number of amides is 1. The van der Waals surface area contributed by atoms with Crippen molar-refractivity contribution in [1.29, 1.82) is 0 Å². The summed E-state index contributed by atoms with van der Waals surface area (Å²) in [7, 11) is 0. The van der Waals surface area contributed by atoms with Crippen molar-refractivity contribution in [3.63, 3.8) is 0 Å². The van der Waals surface area contributed by atoms with Crippen molar-refractivity contribution in [2.45, 2.75) is 25.3 Å². The van der Waals surface area contributed by atoms with Gasteiger partial charge in [-0.05, 0) is 37.1 Å². The van der Waals surface area contributed by atoms with Crippen LogP contribution in [0.2, 0.25) is 0 Å². The van der Waals surface area contributed by atoms with Gasteiger partial charge in [-0.25, -0.2) is 4.68 Å². The summed E-state index contributed by atoms with van der Waals surface area (Å²) in [4.78, 5) is 16.8. The first kappa shape index (κ1) is 16.5. The van der Waals surface area contributed by atoms with E-state index in [0.717, 1.165) is 31.7 Å². The molecule has 4 rings (SSSR count). The molecule has 0 unspecified atom stereocenters. The van der Waals surface area contributed by atoms with Gasteiger partial charge in [-0.15, -0.1) is 0 Å².